The molecule has 0 amide bonds. The molecule has 1 aliphatic rings. The van der Waals surface area contributed by atoms with E-state index >= 15 is 0 Å². The summed E-state index contributed by atoms with van der Waals surface area (Å²) in [4.78, 5) is 23.7. The molecule has 0 saturated carbocycles. The SMILES string of the molecule is CCOC(=O)[C@@H]1CC(C(=O)OC)=NN1c1ccc(Cl)cc1. The number of ether oxygens (including phenoxy) is 2. The Balaban J connectivity index is 2.31. The van der Waals surface area contributed by atoms with Gasteiger partial charge in [-0.15, -0.1) is 0 Å². The number of anilines is 1. The molecule has 0 saturated heterocycles. The number of methoxy groups -OCH3 is 1. The highest BCUT2D eigenvalue weighted by Crippen LogP contribution is 2.27. The maximum atomic E-state index is 12.0. The van der Waals surface area contributed by atoms with Gasteiger partial charge in [-0.05, 0) is 31.2 Å². The van der Waals surface area contributed by atoms with Crippen LogP contribution in [-0.2, 0) is 19.1 Å². The van der Waals surface area contributed by atoms with E-state index in [1.165, 1.54) is 12.1 Å². The lowest BCUT2D eigenvalue weighted by Gasteiger charge is -2.21. The van der Waals surface area contributed by atoms with Crippen LogP contribution in [0.1, 0.15) is 13.3 Å². The van der Waals surface area contributed by atoms with E-state index in [4.69, 9.17) is 16.3 Å². The zero-order chi connectivity index (χ0) is 15.4. The Morgan fingerprint density at radius 3 is 2.62 bits per heavy atom. The third kappa shape index (κ3) is 3.33. The van der Waals surface area contributed by atoms with Gasteiger partial charge >= 0.3 is 11.9 Å². The van der Waals surface area contributed by atoms with Crippen LogP contribution < -0.4 is 5.01 Å². The number of carbonyl (C=O) groups excluding carboxylic acids is 2. The molecule has 0 radical (unpaired) electrons. The summed E-state index contributed by atoms with van der Waals surface area (Å²) in [6.07, 6.45) is 0.147. The molecular weight excluding hydrogens is 296 g/mol. The smallest absolute Gasteiger partial charge is 0.354 e. The molecule has 6 nitrogen and oxygen atoms in total. The molecule has 2 rings (SSSR count). The highest BCUT2D eigenvalue weighted by Gasteiger charge is 2.37. The first-order chi connectivity index (χ1) is 10.1. The van der Waals surface area contributed by atoms with Gasteiger partial charge in [-0.1, -0.05) is 11.6 Å². The van der Waals surface area contributed by atoms with Crippen LogP contribution in [0.15, 0.2) is 29.4 Å². The van der Waals surface area contributed by atoms with Gasteiger partial charge in [-0.2, -0.15) is 5.10 Å². The molecule has 0 bridgehead atoms. The number of carbonyl (C=O) groups is 2. The fraction of sp³-hybridized carbons (Fsp3) is 0.357. The molecule has 0 spiro atoms. The normalized spacial score (nSPS) is 17.4. The van der Waals surface area contributed by atoms with Crippen LogP contribution in [0.2, 0.25) is 5.02 Å². The molecule has 0 aliphatic carbocycles. The maximum Gasteiger partial charge on any atom is 0.354 e. The number of nitrogens with zero attached hydrogens (tertiary/aromatic N) is 2. The van der Waals surface area contributed by atoms with E-state index in [9.17, 15) is 9.59 Å². The van der Waals surface area contributed by atoms with Crippen LogP contribution in [0.25, 0.3) is 0 Å². The van der Waals surface area contributed by atoms with Crippen molar-refractivity contribution in [1.82, 2.24) is 0 Å². The average Bonchev–Trinajstić information content (AvgIpc) is 2.92. The van der Waals surface area contributed by atoms with Gasteiger partial charge < -0.3 is 9.47 Å². The van der Waals surface area contributed by atoms with Crippen LogP contribution in [0.5, 0.6) is 0 Å². The molecule has 112 valence electrons. The number of hydrogen-bond donors (Lipinski definition) is 0. The topological polar surface area (TPSA) is 68.2 Å². The molecule has 21 heavy (non-hydrogen) atoms. The Kier molecular flexibility index (Phi) is 4.80. The van der Waals surface area contributed by atoms with E-state index in [0.29, 0.717) is 10.7 Å². The van der Waals surface area contributed by atoms with Gasteiger partial charge in [-0.25, -0.2) is 9.59 Å². The Labute approximate surface area is 127 Å². The number of hydrogen-bond acceptors (Lipinski definition) is 6. The summed E-state index contributed by atoms with van der Waals surface area (Å²) < 4.78 is 9.69. The summed E-state index contributed by atoms with van der Waals surface area (Å²) in [6.45, 7) is 1.99. The van der Waals surface area contributed by atoms with E-state index in [2.05, 4.69) is 9.84 Å². The fourth-order valence-electron chi connectivity index (χ4n) is 2.01. The first-order valence-corrected chi connectivity index (χ1v) is 6.81. The molecule has 1 aromatic carbocycles. The molecular formula is C14H15ClN2O4. The quantitative estimate of drug-likeness (QED) is 0.796. The molecule has 1 aromatic rings. The van der Waals surface area contributed by atoms with Gasteiger partial charge in [0, 0.05) is 11.4 Å². The van der Waals surface area contributed by atoms with Gasteiger partial charge in [0.25, 0.3) is 0 Å². The highest BCUT2D eigenvalue weighted by molar-refractivity contribution is 6.38. The average molecular weight is 311 g/mol. The summed E-state index contributed by atoms with van der Waals surface area (Å²) >= 11 is 5.85. The maximum absolute atomic E-state index is 12.0. The van der Waals surface area contributed by atoms with Gasteiger partial charge in [0.15, 0.2) is 6.04 Å². The summed E-state index contributed by atoms with van der Waals surface area (Å²) in [5.74, 6) is -0.990. The van der Waals surface area contributed by atoms with Crippen molar-refractivity contribution in [2.24, 2.45) is 5.10 Å². The second-order valence-electron chi connectivity index (χ2n) is 4.33. The Morgan fingerprint density at radius 1 is 1.38 bits per heavy atom. The largest absolute Gasteiger partial charge is 0.464 e. The number of hydrazone groups is 1. The van der Waals surface area contributed by atoms with Crippen LogP contribution >= 0.6 is 11.6 Å². The molecule has 0 fully saturated rings. The van der Waals surface area contributed by atoms with E-state index in [1.807, 2.05) is 0 Å². The molecule has 1 atom stereocenters. The third-order valence-electron chi connectivity index (χ3n) is 2.98. The minimum Gasteiger partial charge on any atom is -0.464 e. The second-order valence-corrected chi connectivity index (χ2v) is 4.77. The summed E-state index contributed by atoms with van der Waals surface area (Å²) in [5.41, 5.74) is 0.835. The van der Waals surface area contributed by atoms with Crippen molar-refractivity contribution in [1.29, 1.82) is 0 Å². The van der Waals surface area contributed by atoms with E-state index in [1.54, 1.807) is 31.2 Å². The first-order valence-electron chi connectivity index (χ1n) is 6.44. The van der Waals surface area contributed by atoms with Crippen molar-refractivity contribution in [2.75, 3.05) is 18.7 Å². The van der Waals surface area contributed by atoms with Crippen molar-refractivity contribution in [2.45, 2.75) is 19.4 Å². The minimum atomic E-state index is -0.680. The third-order valence-corrected chi connectivity index (χ3v) is 3.23. The molecule has 1 heterocycles. The second kappa shape index (κ2) is 6.58. The van der Waals surface area contributed by atoms with Gasteiger partial charge in [0.1, 0.15) is 5.71 Å². The number of halogens is 1. The Morgan fingerprint density at radius 2 is 2.05 bits per heavy atom. The Bertz CT molecular complexity index is 571. The van der Waals surface area contributed by atoms with Gasteiger partial charge in [0.05, 0.1) is 19.4 Å². The lowest BCUT2D eigenvalue weighted by Crippen LogP contribution is -2.36. The Hall–Kier alpha value is -2.08. The molecule has 7 heteroatoms. The number of rotatable bonds is 4. The van der Waals surface area contributed by atoms with Crippen LogP contribution in [-0.4, -0.2) is 37.4 Å². The minimum absolute atomic E-state index is 0.147. The molecule has 0 unspecified atom stereocenters. The predicted molar refractivity (Wildman–Crippen MR) is 78.4 cm³/mol. The zero-order valence-corrected chi connectivity index (χ0v) is 12.5. The van der Waals surface area contributed by atoms with Gasteiger partial charge in [-0.3, -0.25) is 5.01 Å². The number of esters is 2. The fourth-order valence-corrected chi connectivity index (χ4v) is 2.13. The van der Waals surface area contributed by atoms with Gasteiger partial charge in [0.2, 0.25) is 0 Å². The molecule has 1 aliphatic heterocycles. The lowest BCUT2D eigenvalue weighted by atomic mass is 10.1. The van der Waals surface area contributed by atoms with Crippen molar-refractivity contribution in [3.05, 3.63) is 29.3 Å². The van der Waals surface area contributed by atoms with E-state index < -0.39 is 18.0 Å². The standard InChI is InChI=1S/C14H15ClN2O4/c1-3-21-14(19)12-8-11(13(18)20-2)16-17(12)10-6-4-9(15)5-7-10/h4-7,12H,3,8H2,1-2H3/t12-/m0/s1. The predicted octanol–water partition coefficient (Wildman–Crippen LogP) is 2.01. The molecule has 0 aromatic heterocycles. The number of benzene rings is 1. The lowest BCUT2D eigenvalue weighted by molar-refractivity contribution is -0.144. The monoisotopic (exact) mass is 310 g/mol. The van der Waals surface area contributed by atoms with Crippen molar-refractivity contribution >= 4 is 34.9 Å². The highest BCUT2D eigenvalue weighted by atomic mass is 35.5. The van der Waals surface area contributed by atoms with E-state index in [-0.39, 0.29) is 18.7 Å². The van der Waals surface area contributed by atoms with Crippen LogP contribution in [0, 0.1) is 0 Å². The van der Waals surface area contributed by atoms with Crippen molar-refractivity contribution in [3.63, 3.8) is 0 Å². The summed E-state index contributed by atoms with van der Waals surface area (Å²) in [7, 11) is 1.27. The van der Waals surface area contributed by atoms with Crippen molar-refractivity contribution < 1.29 is 19.1 Å². The van der Waals surface area contributed by atoms with Crippen LogP contribution in [0.4, 0.5) is 5.69 Å². The summed E-state index contributed by atoms with van der Waals surface area (Å²) in [5, 5.41) is 6.21. The zero-order valence-electron chi connectivity index (χ0n) is 11.7. The van der Waals surface area contributed by atoms with Crippen molar-refractivity contribution in [3.8, 4) is 0 Å². The van der Waals surface area contributed by atoms with E-state index in [0.717, 1.165) is 0 Å². The van der Waals surface area contributed by atoms with Crippen LogP contribution in [0.3, 0.4) is 0 Å². The summed E-state index contributed by atoms with van der Waals surface area (Å²) in [6, 6.07) is 6.13. The molecule has 0 N–H and O–H groups in total. The first kappa shape index (κ1) is 15.3.